The molecule has 0 atom stereocenters. The van der Waals surface area contributed by atoms with Crippen molar-refractivity contribution in [3.05, 3.63) is 60.2 Å². The van der Waals surface area contributed by atoms with Crippen molar-refractivity contribution < 1.29 is 9.21 Å². The van der Waals surface area contributed by atoms with Gasteiger partial charge in [0.25, 0.3) is 0 Å². The van der Waals surface area contributed by atoms with E-state index in [9.17, 15) is 4.79 Å². The van der Waals surface area contributed by atoms with Crippen molar-refractivity contribution in [2.24, 2.45) is 5.92 Å². The topological polar surface area (TPSA) is 78.3 Å². The van der Waals surface area contributed by atoms with Gasteiger partial charge in [0, 0.05) is 24.9 Å². The van der Waals surface area contributed by atoms with Crippen LogP contribution in [0, 0.1) is 5.92 Å². The van der Waals surface area contributed by atoms with Gasteiger partial charge in [-0.15, -0.1) is 0 Å². The maximum Gasteiger partial charge on any atom is 0.225 e. The Bertz CT molecular complexity index is 1200. The van der Waals surface area contributed by atoms with Crippen LogP contribution in [0.15, 0.2) is 52.9 Å². The zero-order chi connectivity index (χ0) is 22.2. The Morgan fingerprint density at radius 2 is 1.64 bits per heavy atom. The van der Waals surface area contributed by atoms with Crippen LogP contribution in [0.25, 0.3) is 22.1 Å². The van der Waals surface area contributed by atoms with Crippen molar-refractivity contribution in [2.75, 3.05) is 26.2 Å². The molecule has 4 heterocycles. The van der Waals surface area contributed by atoms with Crippen LogP contribution in [-0.2, 0) is 11.3 Å². The third-order valence-electron chi connectivity index (χ3n) is 7.21. The fraction of sp³-hybridized carbons (Fsp3) is 0.423. The molecular weight excluding hydrogens is 414 g/mol. The van der Waals surface area contributed by atoms with Gasteiger partial charge in [-0.25, -0.2) is 9.97 Å². The minimum absolute atomic E-state index is 0.137. The van der Waals surface area contributed by atoms with Gasteiger partial charge >= 0.3 is 0 Å². The van der Waals surface area contributed by atoms with Crippen molar-refractivity contribution in [3.8, 4) is 0 Å². The Morgan fingerprint density at radius 1 is 0.909 bits per heavy atom. The number of aromatic nitrogens is 3. The molecule has 2 aromatic heterocycles. The molecule has 0 unspecified atom stereocenters. The minimum atomic E-state index is 0.137. The molecule has 2 fully saturated rings. The number of carbonyl (C=O) groups excluding carboxylic acids is 1. The number of nitrogens with one attached hydrogen (secondary N) is 1. The molecule has 0 aliphatic carbocycles. The SMILES string of the molecule is O=C(C1CCN(Cc2nc3ccccc3[nH]2)CC1)N1CCC(c2nc3ccccc3o2)CC1. The molecule has 0 bridgehead atoms. The fourth-order valence-electron chi connectivity index (χ4n) is 5.30. The molecule has 2 aliphatic heterocycles. The second-order valence-corrected chi connectivity index (χ2v) is 9.37. The Hall–Kier alpha value is -3.19. The Kier molecular flexibility index (Phi) is 5.34. The van der Waals surface area contributed by atoms with Crippen LogP contribution in [0.5, 0.6) is 0 Å². The lowest BCUT2D eigenvalue weighted by molar-refractivity contribution is -0.138. The maximum atomic E-state index is 13.2. The molecule has 4 aromatic rings. The molecule has 33 heavy (non-hydrogen) atoms. The second-order valence-electron chi connectivity index (χ2n) is 9.37. The number of hydrogen-bond acceptors (Lipinski definition) is 5. The smallest absolute Gasteiger partial charge is 0.225 e. The molecule has 7 nitrogen and oxygen atoms in total. The third-order valence-corrected chi connectivity index (χ3v) is 7.21. The summed E-state index contributed by atoms with van der Waals surface area (Å²) >= 11 is 0. The summed E-state index contributed by atoms with van der Waals surface area (Å²) in [6, 6.07) is 16.0. The summed E-state index contributed by atoms with van der Waals surface area (Å²) in [4.78, 5) is 30.4. The molecule has 0 saturated carbocycles. The highest BCUT2D eigenvalue weighted by Crippen LogP contribution is 2.31. The second kappa shape index (κ2) is 8.63. The summed E-state index contributed by atoms with van der Waals surface area (Å²) in [5.74, 6) is 2.59. The van der Waals surface area contributed by atoms with Gasteiger partial charge in [0.05, 0.1) is 17.6 Å². The highest BCUT2D eigenvalue weighted by atomic mass is 16.3. The number of imidazole rings is 1. The van der Waals surface area contributed by atoms with E-state index in [1.165, 1.54) is 0 Å². The summed E-state index contributed by atoms with van der Waals surface area (Å²) in [6.07, 6.45) is 3.68. The van der Waals surface area contributed by atoms with Crippen LogP contribution in [0.1, 0.15) is 43.3 Å². The number of H-pyrrole nitrogens is 1. The van der Waals surface area contributed by atoms with Gasteiger partial charge in [-0.1, -0.05) is 24.3 Å². The number of rotatable bonds is 4. The van der Waals surface area contributed by atoms with Crippen LogP contribution in [-0.4, -0.2) is 56.8 Å². The number of nitrogens with zero attached hydrogens (tertiary/aromatic N) is 4. The molecule has 2 aromatic carbocycles. The van der Waals surface area contributed by atoms with Crippen LogP contribution >= 0.6 is 0 Å². The lowest BCUT2D eigenvalue weighted by atomic mass is 9.92. The first-order valence-electron chi connectivity index (χ1n) is 12.0. The van der Waals surface area contributed by atoms with E-state index in [-0.39, 0.29) is 5.92 Å². The molecular formula is C26H29N5O2. The summed E-state index contributed by atoms with van der Waals surface area (Å²) < 4.78 is 5.97. The highest BCUT2D eigenvalue weighted by molar-refractivity contribution is 5.79. The van der Waals surface area contributed by atoms with E-state index in [1.54, 1.807) is 0 Å². The van der Waals surface area contributed by atoms with Crippen molar-refractivity contribution in [3.63, 3.8) is 0 Å². The molecule has 1 N–H and O–H groups in total. The molecule has 170 valence electrons. The molecule has 6 rings (SSSR count). The first-order valence-corrected chi connectivity index (χ1v) is 12.0. The third kappa shape index (κ3) is 4.13. The summed E-state index contributed by atoms with van der Waals surface area (Å²) in [6.45, 7) is 4.27. The Morgan fingerprint density at radius 3 is 2.39 bits per heavy atom. The van der Waals surface area contributed by atoms with E-state index in [1.807, 2.05) is 42.5 Å². The predicted molar refractivity (Wildman–Crippen MR) is 127 cm³/mol. The van der Waals surface area contributed by atoms with Crippen LogP contribution in [0.3, 0.4) is 0 Å². The van der Waals surface area contributed by atoms with Gasteiger partial charge in [0.15, 0.2) is 11.5 Å². The number of piperidine rings is 2. The molecule has 2 aliphatic rings. The largest absolute Gasteiger partial charge is 0.440 e. The van der Waals surface area contributed by atoms with E-state index in [0.29, 0.717) is 11.8 Å². The van der Waals surface area contributed by atoms with Crippen LogP contribution in [0.2, 0.25) is 0 Å². The van der Waals surface area contributed by atoms with Crippen LogP contribution < -0.4 is 0 Å². The minimum Gasteiger partial charge on any atom is -0.440 e. The fourth-order valence-corrected chi connectivity index (χ4v) is 5.30. The molecule has 0 radical (unpaired) electrons. The lowest BCUT2D eigenvalue weighted by Crippen LogP contribution is -2.45. The van der Waals surface area contributed by atoms with E-state index in [4.69, 9.17) is 9.40 Å². The van der Waals surface area contributed by atoms with Crippen molar-refractivity contribution in [1.82, 2.24) is 24.8 Å². The summed E-state index contributed by atoms with van der Waals surface area (Å²) in [7, 11) is 0. The molecule has 0 spiro atoms. The van der Waals surface area contributed by atoms with Gasteiger partial charge in [-0.2, -0.15) is 0 Å². The van der Waals surface area contributed by atoms with E-state index in [0.717, 1.165) is 92.3 Å². The van der Waals surface area contributed by atoms with E-state index in [2.05, 4.69) is 25.8 Å². The lowest BCUT2D eigenvalue weighted by Gasteiger charge is -2.36. The number of oxazole rings is 1. The van der Waals surface area contributed by atoms with E-state index >= 15 is 0 Å². The summed E-state index contributed by atoms with van der Waals surface area (Å²) in [5.41, 5.74) is 3.86. The quantitative estimate of drug-likeness (QED) is 0.508. The predicted octanol–water partition coefficient (Wildman–Crippen LogP) is 4.32. The Balaban J connectivity index is 1.01. The first-order chi connectivity index (χ1) is 16.2. The van der Waals surface area contributed by atoms with Gasteiger partial charge < -0.3 is 14.3 Å². The number of likely N-dealkylation sites (tertiary alicyclic amines) is 2. The maximum absolute atomic E-state index is 13.2. The zero-order valence-electron chi connectivity index (χ0n) is 18.7. The average Bonchev–Trinajstić information content (AvgIpc) is 3.48. The average molecular weight is 444 g/mol. The van der Waals surface area contributed by atoms with Crippen molar-refractivity contribution in [1.29, 1.82) is 0 Å². The monoisotopic (exact) mass is 443 g/mol. The van der Waals surface area contributed by atoms with Gasteiger partial charge in [-0.3, -0.25) is 9.69 Å². The number of benzene rings is 2. The summed E-state index contributed by atoms with van der Waals surface area (Å²) in [5, 5.41) is 0. The molecule has 7 heteroatoms. The number of amides is 1. The van der Waals surface area contributed by atoms with Crippen molar-refractivity contribution >= 4 is 28.0 Å². The molecule has 1 amide bonds. The van der Waals surface area contributed by atoms with Gasteiger partial charge in [0.2, 0.25) is 5.91 Å². The standard InChI is InChI=1S/C26H29N5O2/c32-26(31-15-11-18(12-16-31)25-29-22-7-3-4-8-23(22)33-25)19-9-13-30(14-10-19)17-24-27-20-5-1-2-6-21(20)28-24/h1-8,18-19H,9-17H2,(H,27,28). The highest BCUT2D eigenvalue weighted by Gasteiger charge is 2.32. The van der Waals surface area contributed by atoms with Gasteiger partial charge in [-0.05, 0) is 63.0 Å². The number of hydrogen-bond donors (Lipinski definition) is 1. The number of fused-ring (bicyclic) bond motifs is 2. The Labute approximate surface area is 192 Å². The number of para-hydroxylation sites is 4. The normalized spacial score (nSPS) is 19.0. The zero-order valence-corrected chi connectivity index (χ0v) is 18.7. The van der Waals surface area contributed by atoms with E-state index < -0.39 is 0 Å². The van der Waals surface area contributed by atoms with Crippen molar-refractivity contribution in [2.45, 2.75) is 38.1 Å². The van der Waals surface area contributed by atoms with Crippen LogP contribution in [0.4, 0.5) is 0 Å². The number of aromatic amines is 1. The number of carbonyl (C=O) groups is 1. The first kappa shape index (κ1) is 20.4. The van der Waals surface area contributed by atoms with Gasteiger partial charge in [0.1, 0.15) is 11.3 Å². The molecule has 2 saturated heterocycles.